The van der Waals surface area contributed by atoms with E-state index in [0.717, 1.165) is 80.0 Å². The molecule has 412 valence electrons. The van der Waals surface area contributed by atoms with Gasteiger partial charge in [0, 0.05) is 52.3 Å². The van der Waals surface area contributed by atoms with Crippen molar-refractivity contribution in [3.63, 3.8) is 0 Å². The number of benzene rings is 6. The first-order valence-corrected chi connectivity index (χ1v) is 29.4. The molecule has 0 saturated carbocycles. The zero-order valence-electron chi connectivity index (χ0n) is 48.7. The van der Waals surface area contributed by atoms with Crippen LogP contribution in [0.4, 0.5) is 5.69 Å². The number of methoxy groups -OCH3 is 2. The fourth-order valence-electron chi connectivity index (χ4n) is 11.4. The number of nitriles is 1. The molecule has 2 heterocycles. The second kappa shape index (κ2) is 21.5. The third kappa shape index (κ3) is 11.9. The Balaban J connectivity index is 1.04. The maximum absolute atomic E-state index is 9.52. The zero-order chi connectivity index (χ0) is 56.1. The third-order valence-electron chi connectivity index (χ3n) is 14.7. The average molecular weight is 1070 g/mol. The number of nitrogens with zero attached hydrogens (tertiary/aromatic N) is 2. The molecule has 0 bridgehead atoms. The summed E-state index contributed by atoms with van der Waals surface area (Å²) in [6.07, 6.45) is 5.17. The molecule has 0 amide bonds. The second-order valence-electron chi connectivity index (χ2n) is 24.9. The average Bonchev–Trinajstić information content (AvgIpc) is 3.87. The van der Waals surface area contributed by atoms with Crippen LogP contribution < -0.4 is 23.8 Å². The molecule has 78 heavy (non-hydrogen) atoms. The van der Waals surface area contributed by atoms with Gasteiger partial charge < -0.3 is 46.6 Å². The summed E-state index contributed by atoms with van der Waals surface area (Å²) < 4.78 is 58.8. The standard InChI is InChI=1S/C66H80N2O9Si/c1-61(2,3)75-78(76-62(4,5)6,77-63(7,8)9)39-32-64(10,11)73-38-37-72-50-27-23-48(24-28-50)66(47-21-25-49(26-22-47)68-33-35-71-36-34-68)31-30-52-59-58(53-41-56(69-14)57(70-15)42-54(53)60(52)74-66)51-29-20-46(40-55(51)65(59,12)13)45-18-16-44(43-67)17-19-45/h16-31,40-42H,32-39H2,1-15H3. The van der Waals surface area contributed by atoms with Crippen LogP contribution in [0, 0.1) is 11.3 Å². The molecule has 1 aliphatic carbocycles. The van der Waals surface area contributed by atoms with Crippen LogP contribution in [0.3, 0.4) is 0 Å². The minimum absolute atomic E-state index is 0.355. The van der Waals surface area contributed by atoms with Gasteiger partial charge in [-0.1, -0.05) is 68.5 Å². The molecule has 1 saturated heterocycles. The normalized spacial score (nSPS) is 17.2. The largest absolute Gasteiger partial charge is 0.502 e. The van der Waals surface area contributed by atoms with Crippen molar-refractivity contribution in [1.82, 2.24) is 0 Å². The van der Waals surface area contributed by atoms with Crippen LogP contribution >= 0.6 is 0 Å². The van der Waals surface area contributed by atoms with Crippen molar-refractivity contribution in [2.75, 3.05) is 58.6 Å². The summed E-state index contributed by atoms with van der Waals surface area (Å²) >= 11 is 0. The number of rotatable bonds is 17. The molecular formula is C66H80N2O9Si. The highest BCUT2D eigenvalue weighted by atomic mass is 28.4. The second-order valence-corrected chi connectivity index (χ2v) is 27.4. The summed E-state index contributed by atoms with van der Waals surface area (Å²) in [5.41, 5.74) is 8.20. The molecule has 2 aliphatic heterocycles. The topological polar surface area (TPSA) is 110 Å². The number of fused-ring (bicyclic) bond motifs is 8. The quantitative estimate of drug-likeness (QED) is 0.0643. The predicted octanol–water partition coefficient (Wildman–Crippen LogP) is 14.8. The van der Waals surface area contributed by atoms with E-state index < -0.39 is 42.2 Å². The summed E-state index contributed by atoms with van der Waals surface area (Å²) in [4.78, 5) is 2.37. The van der Waals surface area contributed by atoms with Gasteiger partial charge in [-0.15, -0.1) is 0 Å². The van der Waals surface area contributed by atoms with Crippen molar-refractivity contribution < 1.29 is 41.7 Å². The molecule has 1 fully saturated rings. The van der Waals surface area contributed by atoms with Gasteiger partial charge in [0.05, 0.1) is 68.1 Å². The maximum atomic E-state index is 9.52. The Morgan fingerprint density at radius 1 is 0.667 bits per heavy atom. The lowest BCUT2D eigenvalue weighted by Gasteiger charge is -2.44. The van der Waals surface area contributed by atoms with Crippen LogP contribution in [0.2, 0.25) is 6.04 Å². The van der Waals surface area contributed by atoms with Crippen molar-refractivity contribution in [2.45, 2.75) is 136 Å². The first-order valence-electron chi connectivity index (χ1n) is 27.5. The summed E-state index contributed by atoms with van der Waals surface area (Å²) in [5, 5.41) is 11.5. The fraction of sp³-hybridized carbons (Fsp3) is 0.439. The molecule has 6 aromatic carbocycles. The van der Waals surface area contributed by atoms with Crippen LogP contribution in [-0.4, -0.2) is 84.9 Å². The van der Waals surface area contributed by atoms with Gasteiger partial charge in [-0.2, -0.15) is 5.26 Å². The molecule has 6 aromatic rings. The summed E-state index contributed by atoms with van der Waals surface area (Å²) in [6.45, 7) is 31.1. The lowest BCUT2D eigenvalue weighted by molar-refractivity contribution is -0.0823. The van der Waals surface area contributed by atoms with Gasteiger partial charge >= 0.3 is 8.80 Å². The Bertz CT molecular complexity index is 3160. The number of hydrogen-bond acceptors (Lipinski definition) is 11. The van der Waals surface area contributed by atoms with E-state index >= 15 is 0 Å². The number of hydrogen-bond donors (Lipinski definition) is 0. The van der Waals surface area contributed by atoms with Crippen LogP contribution in [-0.2, 0) is 33.8 Å². The van der Waals surface area contributed by atoms with Gasteiger partial charge in [0.1, 0.15) is 18.1 Å². The van der Waals surface area contributed by atoms with Crippen LogP contribution in [0.1, 0.15) is 130 Å². The van der Waals surface area contributed by atoms with Crippen molar-refractivity contribution in [1.29, 1.82) is 5.26 Å². The Labute approximate surface area is 464 Å². The van der Waals surface area contributed by atoms with E-state index in [1.54, 1.807) is 14.2 Å². The molecule has 0 N–H and O–H groups in total. The first-order chi connectivity index (χ1) is 36.8. The lowest BCUT2D eigenvalue weighted by Crippen LogP contribution is -2.57. The molecule has 3 aliphatic rings. The summed E-state index contributed by atoms with van der Waals surface area (Å²) in [5.74, 6) is 2.74. The van der Waals surface area contributed by atoms with Gasteiger partial charge in [-0.05, 0) is 182 Å². The van der Waals surface area contributed by atoms with Gasteiger partial charge in [0.15, 0.2) is 17.1 Å². The van der Waals surface area contributed by atoms with Crippen molar-refractivity contribution in [3.05, 3.63) is 143 Å². The molecular weight excluding hydrogens is 993 g/mol. The van der Waals surface area contributed by atoms with Gasteiger partial charge in [0.25, 0.3) is 0 Å². The first kappa shape index (κ1) is 56.5. The molecule has 12 heteroatoms. The van der Waals surface area contributed by atoms with E-state index in [4.69, 9.17) is 41.7 Å². The van der Waals surface area contributed by atoms with Crippen molar-refractivity contribution >= 4 is 31.3 Å². The van der Waals surface area contributed by atoms with Gasteiger partial charge in [0.2, 0.25) is 0 Å². The molecule has 9 rings (SSSR count). The van der Waals surface area contributed by atoms with E-state index in [9.17, 15) is 5.26 Å². The summed E-state index contributed by atoms with van der Waals surface area (Å²) in [6, 6.07) is 38.6. The molecule has 1 unspecified atom stereocenters. The molecule has 0 aromatic heterocycles. The highest BCUT2D eigenvalue weighted by Crippen LogP contribution is 2.60. The maximum Gasteiger partial charge on any atom is 0.502 e. The van der Waals surface area contributed by atoms with E-state index in [1.165, 1.54) is 11.1 Å². The van der Waals surface area contributed by atoms with Crippen molar-refractivity contribution in [3.8, 4) is 51.3 Å². The van der Waals surface area contributed by atoms with Crippen molar-refractivity contribution in [2.24, 2.45) is 0 Å². The van der Waals surface area contributed by atoms with Crippen LogP contribution in [0.25, 0.3) is 39.1 Å². The number of morpholine rings is 1. The lowest BCUT2D eigenvalue weighted by atomic mass is 9.76. The SMILES string of the molecule is COc1cc2c3c(c4c(c2cc1OC)-c1ccc(-c2ccc(C#N)cc2)cc1C4(C)C)C=CC(c1ccc(OCCOC(C)(C)CC[Si](OC(C)(C)C)(OC(C)(C)C)OC(C)(C)C)cc1)(c1ccc(N2CCOCC2)cc1)O3. The molecule has 11 nitrogen and oxygen atoms in total. The van der Waals surface area contributed by atoms with Crippen LogP contribution in [0.5, 0.6) is 23.0 Å². The van der Waals surface area contributed by atoms with Gasteiger partial charge in [-0.3, -0.25) is 0 Å². The van der Waals surface area contributed by atoms with E-state index in [2.05, 4.69) is 180 Å². The molecule has 0 radical (unpaired) electrons. The minimum Gasteiger partial charge on any atom is -0.493 e. The smallest absolute Gasteiger partial charge is 0.493 e. The molecule has 1 atom stereocenters. The Morgan fingerprint density at radius 3 is 1.79 bits per heavy atom. The highest BCUT2D eigenvalue weighted by Gasteiger charge is 2.51. The fourth-order valence-corrected chi connectivity index (χ4v) is 15.5. The monoisotopic (exact) mass is 1070 g/mol. The van der Waals surface area contributed by atoms with Crippen LogP contribution in [0.15, 0.2) is 109 Å². The number of anilines is 1. The Kier molecular flexibility index (Phi) is 15.6. The van der Waals surface area contributed by atoms with E-state index in [1.807, 2.05) is 36.4 Å². The highest BCUT2D eigenvalue weighted by molar-refractivity contribution is 6.61. The van der Waals surface area contributed by atoms with Gasteiger partial charge in [-0.25, -0.2) is 0 Å². The van der Waals surface area contributed by atoms with E-state index in [0.29, 0.717) is 56.0 Å². The third-order valence-corrected chi connectivity index (χ3v) is 18.3. The minimum atomic E-state index is -3.21. The number of ether oxygens (including phenoxy) is 6. The molecule has 0 spiro atoms. The Morgan fingerprint density at radius 2 is 1.23 bits per heavy atom. The van der Waals surface area contributed by atoms with E-state index in [-0.39, 0.29) is 0 Å². The Hall–Kier alpha value is -6.17. The predicted molar refractivity (Wildman–Crippen MR) is 314 cm³/mol. The summed E-state index contributed by atoms with van der Waals surface area (Å²) in [7, 11) is 0.149. The zero-order valence-corrected chi connectivity index (χ0v) is 49.7.